The summed E-state index contributed by atoms with van der Waals surface area (Å²) in [5.41, 5.74) is 5.59. The van der Waals surface area contributed by atoms with Gasteiger partial charge in [-0.25, -0.2) is 4.98 Å². The Morgan fingerprint density at radius 3 is 3.08 bits per heavy atom. The third-order valence-electron chi connectivity index (χ3n) is 1.43. The fraction of sp³-hybridized carbons (Fsp3) is 0.333. The van der Waals surface area contributed by atoms with E-state index < -0.39 is 0 Å². The normalized spacial score (nSPS) is 11.3. The molecule has 0 aliphatic carbocycles. The maximum absolute atomic E-state index is 5.59. The summed E-state index contributed by atoms with van der Waals surface area (Å²) in [5.74, 6) is 1.14. The molecule has 0 atom stereocenters. The molecule has 0 amide bonds. The van der Waals surface area contributed by atoms with E-state index in [1.165, 1.54) is 0 Å². The van der Waals surface area contributed by atoms with E-state index in [1.54, 1.807) is 6.20 Å². The van der Waals surface area contributed by atoms with Crippen molar-refractivity contribution in [2.75, 3.05) is 11.9 Å². The van der Waals surface area contributed by atoms with Crippen molar-refractivity contribution in [1.29, 1.82) is 0 Å². The molecule has 0 aliphatic rings. The third kappa shape index (κ3) is 3.55. The highest BCUT2D eigenvalue weighted by molar-refractivity contribution is 5.91. The second-order valence-corrected chi connectivity index (χ2v) is 2.61. The lowest BCUT2D eigenvalue weighted by Crippen LogP contribution is -2.23. The highest BCUT2D eigenvalue weighted by Gasteiger charge is 1.92. The van der Waals surface area contributed by atoms with Gasteiger partial charge in [-0.3, -0.25) is 4.99 Å². The lowest BCUT2D eigenvalue weighted by Gasteiger charge is -2.02. The fourth-order valence-electron chi connectivity index (χ4n) is 0.840. The molecule has 4 heteroatoms. The molecule has 0 saturated heterocycles. The number of nitrogens with one attached hydrogen (secondary N) is 1. The minimum Gasteiger partial charge on any atom is -0.370 e. The van der Waals surface area contributed by atoms with Gasteiger partial charge < -0.3 is 11.1 Å². The summed E-state index contributed by atoms with van der Waals surface area (Å²) >= 11 is 0. The lowest BCUT2D eigenvalue weighted by atomic mass is 10.5. The molecule has 4 nitrogen and oxygen atoms in total. The smallest absolute Gasteiger partial charge is 0.194 e. The molecule has 3 N–H and O–H groups in total. The summed E-state index contributed by atoms with van der Waals surface area (Å²) in [6.07, 6.45) is 2.69. The van der Waals surface area contributed by atoms with Crippen LogP contribution in [0.25, 0.3) is 0 Å². The van der Waals surface area contributed by atoms with Gasteiger partial charge in [-0.15, -0.1) is 0 Å². The van der Waals surface area contributed by atoms with Gasteiger partial charge in [0.15, 0.2) is 5.96 Å². The van der Waals surface area contributed by atoms with E-state index in [9.17, 15) is 0 Å². The second kappa shape index (κ2) is 5.13. The Morgan fingerprint density at radius 1 is 1.62 bits per heavy atom. The van der Waals surface area contributed by atoms with E-state index in [2.05, 4.69) is 22.2 Å². The molecule has 0 aromatic carbocycles. The standard InChI is InChI=1S/C9H14N4/c1-2-6-12-9(10)13-8-5-3-4-7-11-8/h3-5,7H,2,6H2,1H3,(H3,10,11,12,13). The zero-order chi connectivity index (χ0) is 9.52. The number of hydrogen-bond acceptors (Lipinski definition) is 2. The molecular formula is C9H14N4. The van der Waals surface area contributed by atoms with Gasteiger partial charge in [-0.1, -0.05) is 13.0 Å². The first-order valence-corrected chi connectivity index (χ1v) is 4.31. The number of hydrogen-bond donors (Lipinski definition) is 2. The van der Waals surface area contributed by atoms with Gasteiger partial charge in [-0.05, 0) is 18.6 Å². The van der Waals surface area contributed by atoms with Gasteiger partial charge in [0.1, 0.15) is 5.82 Å². The van der Waals surface area contributed by atoms with Crippen LogP contribution < -0.4 is 11.1 Å². The largest absolute Gasteiger partial charge is 0.370 e. The van der Waals surface area contributed by atoms with Crippen LogP contribution in [0.2, 0.25) is 0 Å². The van der Waals surface area contributed by atoms with Crippen LogP contribution in [0, 0.1) is 0 Å². The maximum Gasteiger partial charge on any atom is 0.194 e. The van der Waals surface area contributed by atoms with Crippen LogP contribution in [-0.4, -0.2) is 17.5 Å². The molecule has 13 heavy (non-hydrogen) atoms. The first-order chi connectivity index (χ1) is 6.33. The van der Waals surface area contributed by atoms with E-state index in [0.717, 1.165) is 18.8 Å². The van der Waals surface area contributed by atoms with Crippen LogP contribution >= 0.6 is 0 Å². The Hall–Kier alpha value is -1.58. The van der Waals surface area contributed by atoms with Gasteiger partial charge in [0.05, 0.1) is 0 Å². The molecule has 70 valence electrons. The average Bonchev–Trinajstić information content (AvgIpc) is 2.16. The van der Waals surface area contributed by atoms with Gasteiger partial charge >= 0.3 is 0 Å². The molecule has 1 heterocycles. The van der Waals surface area contributed by atoms with Crippen LogP contribution in [-0.2, 0) is 0 Å². The Labute approximate surface area is 77.9 Å². The summed E-state index contributed by atoms with van der Waals surface area (Å²) in [6.45, 7) is 2.79. The lowest BCUT2D eigenvalue weighted by molar-refractivity contribution is 0.929. The van der Waals surface area contributed by atoms with Gasteiger partial charge in [0.2, 0.25) is 0 Å². The van der Waals surface area contributed by atoms with Crippen molar-refractivity contribution in [3.8, 4) is 0 Å². The van der Waals surface area contributed by atoms with E-state index in [-0.39, 0.29) is 0 Å². The molecule has 0 spiro atoms. The third-order valence-corrected chi connectivity index (χ3v) is 1.43. The number of guanidine groups is 1. The highest BCUT2D eigenvalue weighted by Crippen LogP contribution is 1.98. The highest BCUT2D eigenvalue weighted by atomic mass is 15.1. The van der Waals surface area contributed by atoms with Gasteiger partial charge in [0.25, 0.3) is 0 Å². The summed E-state index contributed by atoms with van der Waals surface area (Å²) in [6, 6.07) is 5.58. The number of aliphatic imine (C=N–C) groups is 1. The quantitative estimate of drug-likeness (QED) is 0.540. The Balaban J connectivity index is 2.50. The number of rotatable bonds is 3. The van der Waals surface area contributed by atoms with E-state index in [1.807, 2.05) is 18.2 Å². The molecular weight excluding hydrogens is 164 g/mol. The van der Waals surface area contributed by atoms with Crippen molar-refractivity contribution in [1.82, 2.24) is 4.98 Å². The average molecular weight is 178 g/mol. The monoisotopic (exact) mass is 178 g/mol. The predicted octanol–water partition coefficient (Wildman–Crippen LogP) is 1.22. The first-order valence-electron chi connectivity index (χ1n) is 4.31. The summed E-state index contributed by atoms with van der Waals surface area (Å²) in [4.78, 5) is 8.14. The molecule has 1 aromatic rings. The topological polar surface area (TPSA) is 63.3 Å². The molecule has 0 unspecified atom stereocenters. The van der Waals surface area contributed by atoms with Crippen molar-refractivity contribution < 1.29 is 0 Å². The Kier molecular flexibility index (Phi) is 3.75. The summed E-state index contributed by atoms with van der Waals surface area (Å²) in [7, 11) is 0. The van der Waals surface area contributed by atoms with Crippen molar-refractivity contribution in [3.63, 3.8) is 0 Å². The first kappa shape index (κ1) is 9.51. The van der Waals surface area contributed by atoms with Crippen LogP contribution in [0.15, 0.2) is 29.4 Å². The molecule has 0 bridgehead atoms. The maximum atomic E-state index is 5.59. The van der Waals surface area contributed by atoms with Crippen LogP contribution in [0.5, 0.6) is 0 Å². The fourth-order valence-corrected chi connectivity index (χ4v) is 0.840. The summed E-state index contributed by atoms with van der Waals surface area (Å²) < 4.78 is 0. The molecule has 0 aliphatic heterocycles. The van der Waals surface area contributed by atoms with Crippen molar-refractivity contribution in [2.24, 2.45) is 10.7 Å². The predicted molar refractivity (Wildman–Crippen MR) is 54.6 cm³/mol. The van der Waals surface area contributed by atoms with Crippen LogP contribution in [0.3, 0.4) is 0 Å². The SMILES string of the molecule is CCCN=C(N)Nc1ccccn1. The Bertz CT molecular complexity index is 268. The molecule has 0 saturated carbocycles. The zero-order valence-corrected chi connectivity index (χ0v) is 7.70. The van der Waals surface area contributed by atoms with E-state index in [0.29, 0.717) is 5.96 Å². The van der Waals surface area contributed by atoms with E-state index in [4.69, 9.17) is 5.73 Å². The second-order valence-electron chi connectivity index (χ2n) is 2.61. The molecule has 1 aromatic heterocycles. The van der Waals surface area contributed by atoms with Crippen LogP contribution in [0.4, 0.5) is 5.82 Å². The Morgan fingerprint density at radius 2 is 2.46 bits per heavy atom. The number of anilines is 1. The van der Waals surface area contributed by atoms with Gasteiger partial charge in [0, 0.05) is 12.7 Å². The van der Waals surface area contributed by atoms with Gasteiger partial charge in [-0.2, -0.15) is 0 Å². The van der Waals surface area contributed by atoms with Crippen molar-refractivity contribution >= 4 is 11.8 Å². The molecule has 1 rings (SSSR count). The molecule has 0 fully saturated rings. The number of nitrogens with two attached hydrogens (primary N) is 1. The number of nitrogens with zero attached hydrogens (tertiary/aromatic N) is 2. The van der Waals surface area contributed by atoms with Crippen molar-refractivity contribution in [3.05, 3.63) is 24.4 Å². The number of aromatic nitrogens is 1. The molecule has 0 radical (unpaired) electrons. The van der Waals surface area contributed by atoms with E-state index >= 15 is 0 Å². The van der Waals surface area contributed by atoms with Crippen molar-refractivity contribution in [2.45, 2.75) is 13.3 Å². The zero-order valence-electron chi connectivity index (χ0n) is 7.70. The minimum absolute atomic E-state index is 0.417. The summed E-state index contributed by atoms with van der Waals surface area (Å²) in [5, 5.41) is 2.89. The van der Waals surface area contributed by atoms with Crippen LogP contribution in [0.1, 0.15) is 13.3 Å². The number of pyridine rings is 1. The minimum atomic E-state index is 0.417.